The molecule has 1 saturated carbocycles. The van der Waals surface area contributed by atoms with Crippen LogP contribution in [-0.4, -0.2) is 24.1 Å². The van der Waals surface area contributed by atoms with Gasteiger partial charge in [-0.1, -0.05) is 35.9 Å². The van der Waals surface area contributed by atoms with Gasteiger partial charge in [0.25, 0.3) is 0 Å². The molecule has 1 aliphatic carbocycles. The van der Waals surface area contributed by atoms with Crippen LogP contribution in [0.15, 0.2) is 36.9 Å². The van der Waals surface area contributed by atoms with Crippen LogP contribution in [0, 0.1) is 6.92 Å². The highest BCUT2D eigenvalue weighted by molar-refractivity contribution is 7.99. The Morgan fingerprint density at radius 3 is 2.72 bits per heavy atom. The summed E-state index contributed by atoms with van der Waals surface area (Å²) in [5.74, 6) is 3.04. The number of nitrogens with one attached hydrogen (secondary N) is 1. The van der Waals surface area contributed by atoms with Crippen molar-refractivity contribution in [3.63, 3.8) is 0 Å². The maximum absolute atomic E-state index is 3.73. The lowest BCUT2D eigenvalue weighted by Crippen LogP contribution is -2.41. The van der Waals surface area contributed by atoms with Gasteiger partial charge in [-0.15, -0.1) is 6.58 Å². The third-order valence-corrected chi connectivity index (χ3v) is 4.57. The normalized spacial score (nSPS) is 22.5. The summed E-state index contributed by atoms with van der Waals surface area (Å²) in [5, 5.41) is 3.63. The van der Waals surface area contributed by atoms with Crippen LogP contribution >= 0.6 is 11.8 Å². The predicted octanol–water partition coefficient (Wildman–Crippen LogP) is 3.75. The van der Waals surface area contributed by atoms with Crippen LogP contribution in [0.1, 0.15) is 29.9 Å². The molecular formula is C16H23NS. The van der Waals surface area contributed by atoms with Gasteiger partial charge in [-0.2, -0.15) is 11.8 Å². The Morgan fingerprint density at radius 1 is 1.33 bits per heavy atom. The molecule has 18 heavy (non-hydrogen) atoms. The van der Waals surface area contributed by atoms with E-state index in [0.717, 1.165) is 24.3 Å². The summed E-state index contributed by atoms with van der Waals surface area (Å²) in [6, 6.07) is 9.76. The highest BCUT2D eigenvalue weighted by Gasteiger charge is 2.29. The topological polar surface area (TPSA) is 12.0 Å². The second kappa shape index (κ2) is 7.01. The van der Waals surface area contributed by atoms with E-state index >= 15 is 0 Å². The van der Waals surface area contributed by atoms with Crippen LogP contribution in [-0.2, 0) is 0 Å². The highest BCUT2D eigenvalue weighted by atomic mass is 32.2. The SMILES string of the molecule is C=CCSCCNC1CC(c2ccc(C)cc2)C1. The Balaban J connectivity index is 1.62. The smallest absolute Gasteiger partial charge is 0.0111 e. The van der Waals surface area contributed by atoms with Gasteiger partial charge in [0.05, 0.1) is 0 Å². The first kappa shape index (κ1) is 13.7. The van der Waals surface area contributed by atoms with E-state index in [-0.39, 0.29) is 0 Å². The van der Waals surface area contributed by atoms with E-state index in [9.17, 15) is 0 Å². The summed E-state index contributed by atoms with van der Waals surface area (Å²) in [6.07, 6.45) is 4.58. The van der Waals surface area contributed by atoms with E-state index in [1.807, 2.05) is 17.8 Å². The van der Waals surface area contributed by atoms with Crippen LogP contribution < -0.4 is 5.32 Å². The quantitative estimate of drug-likeness (QED) is 0.592. The number of hydrogen-bond acceptors (Lipinski definition) is 2. The third kappa shape index (κ3) is 3.89. The second-order valence-corrected chi connectivity index (χ2v) is 6.24. The molecule has 0 heterocycles. The number of rotatable bonds is 7. The molecule has 2 heteroatoms. The summed E-state index contributed by atoms with van der Waals surface area (Å²) in [7, 11) is 0. The Bertz CT molecular complexity index is 365. The monoisotopic (exact) mass is 261 g/mol. The Labute approximate surface area is 115 Å². The summed E-state index contributed by atoms with van der Waals surface area (Å²) >= 11 is 1.95. The van der Waals surface area contributed by atoms with Crippen LogP contribution in [0.3, 0.4) is 0 Å². The van der Waals surface area contributed by atoms with Crippen molar-refractivity contribution in [3.05, 3.63) is 48.0 Å². The number of aryl methyl sites for hydroxylation is 1. The van der Waals surface area contributed by atoms with Gasteiger partial charge in [-0.3, -0.25) is 0 Å². The van der Waals surface area contributed by atoms with E-state index in [1.54, 1.807) is 0 Å². The molecular weight excluding hydrogens is 238 g/mol. The number of thioether (sulfide) groups is 1. The molecule has 1 aromatic rings. The standard InChI is InChI=1S/C16H23NS/c1-3-9-18-10-8-17-16-11-15(12-16)14-6-4-13(2)5-7-14/h3-7,15-17H,1,8-12H2,2H3. The Kier molecular flexibility index (Phi) is 5.33. The zero-order valence-electron chi connectivity index (χ0n) is 11.2. The van der Waals surface area contributed by atoms with Crippen molar-refractivity contribution in [2.75, 3.05) is 18.1 Å². The maximum Gasteiger partial charge on any atom is 0.0111 e. The summed E-state index contributed by atoms with van der Waals surface area (Å²) < 4.78 is 0. The van der Waals surface area contributed by atoms with E-state index in [2.05, 4.69) is 43.1 Å². The molecule has 0 bridgehead atoms. The van der Waals surface area contributed by atoms with E-state index in [4.69, 9.17) is 0 Å². The summed E-state index contributed by atoms with van der Waals surface area (Å²) in [4.78, 5) is 0. The van der Waals surface area contributed by atoms with Gasteiger partial charge >= 0.3 is 0 Å². The molecule has 0 saturated heterocycles. The van der Waals surface area contributed by atoms with Crippen molar-refractivity contribution >= 4 is 11.8 Å². The van der Waals surface area contributed by atoms with Gasteiger partial charge in [0.2, 0.25) is 0 Å². The molecule has 2 rings (SSSR count). The highest BCUT2D eigenvalue weighted by Crippen LogP contribution is 2.36. The van der Waals surface area contributed by atoms with E-state index in [1.165, 1.54) is 29.7 Å². The molecule has 1 fully saturated rings. The first-order chi connectivity index (χ1) is 8.79. The fraction of sp³-hybridized carbons (Fsp3) is 0.500. The Hall–Kier alpha value is -0.730. The van der Waals surface area contributed by atoms with Gasteiger partial charge < -0.3 is 5.32 Å². The van der Waals surface area contributed by atoms with Gasteiger partial charge in [0, 0.05) is 24.1 Å². The summed E-state index contributed by atoms with van der Waals surface area (Å²) in [5.41, 5.74) is 2.87. The predicted molar refractivity (Wildman–Crippen MR) is 82.5 cm³/mol. The minimum atomic E-state index is 0.737. The molecule has 0 aromatic heterocycles. The second-order valence-electron chi connectivity index (χ2n) is 5.09. The van der Waals surface area contributed by atoms with Crippen LogP contribution in [0.5, 0.6) is 0 Å². The first-order valence-electron chi connectivity index (χ1n) is 6.78. The third-order valence-electron chi connectivity index (χ3n) is 3.60. The fourth-order valence-corrected chi connectivity index (χ4v) is 2.99. The zero-order valence-corrected chi connectivity index (χ0v) is 12.0. The zero-order chi connectivity index (χ0) is 12.8. The van der Waals surface area contributed by atoms with E-state index < -0.39 is 0 Å². The lowest BCUT2D eigenvalue weighted by molar-refractivity contribution is 0.296. The Morgan fingerprint density at radius 2 is 2.06 bits per heavy atom. The average molecular weight is 261 g/mol. The van der Waals surface area contributed by atoms with Gasteiger partial charge in [-0.25, -0.2) is 0 Å². The molecule has 0 amide bonds. The largest absolute Gasteiger partial charge is 0.313 e. The molecule has 98 valence electrons. The van der Waals surface area contributed by atoms with Crippen LogP contribution in [0.25, 0.3) is 0 Å². The van der Waals surface area contributed by atoms with Gasteiger partial charge in [0.1, 0.15) is 0 Å². The fourth-order valence-electron chi connectivity index (χ4n) is 2.40. The van der Waals surface area contributed by atoms with Crippen LogP contribution in [0.2, 0.25) is 0 Å². The van der Waals surface area contributed by atoms with Crippen molar-refractivity contribution < 1.29 is 0 Å². The van der Waals surface area contributed by atoms with Gasteiger partial charge in [0.15, 0.2) is 0 Å². The first-order valence-corrected chi connectivity index (χ1v) is 7.93. The summed E-state index contributed by atoms with van der Waals surface area (Å²) in [6.45, 7) is 7.01. The van der Waals surface area contributed by atoms with Crippen molar-refractivity contribution in [1.82, 2.24) is 5.32 Å². The molecule has 0 aliphatic heterocycles. The van der Waals surface area contributed by atoms with Gasteiger partial charge in [-0.05, 0) is 31.2 Å². The minimum absolute atomic E-state index is 0.737. The molecule has 1 N–H and O–H groups in total. The molecule has 0 atom stereocenters. The molecule has 1 aromatic carbocycles. The number of benzene rings is 1. The molecule has 1 aliphatic rings. The van der Waals surface area contributed by atoms with Crippen molar-refractivity contribution in [2.24, 2.45) is 0 Å². The molecule has 0 spiro atoms. The van der Waals surface area contributed by atoms with E-state index in [0.29, 0.717) is 0 Å². The lowest BCUT2D eigenvalue weighted by atomic mass is 9.76. The molecule has 0 unspecified atom stereocenters. The lowest BCUT2D eigenvalue weighted by Gasteiger charge is -2.36. The minimum Gasteiger partial charge on any atom is -0.313 e. The molecule has 1 nitrogen and oxygen atoms in total. The van der Waals surface area contributed by atoms with Crippen LogP contribution in [0.4, 0.5) is 0 Å². The van der Waals surface area contributed by atoms with Crippen molar-refractivity contribution in [3.8, 4) is 0 Å². The van der Waals surface area contributed by atoms with Crippen molar-refractivity contribution in [2.45, 2.75) is 31.7 Å². The maximum atomic E-state index is 3.73. The number of hydrogen-bond donors (Lipinski definition) is 1. The average Bonchev–Trinajstić information content (AvgIpc) is 2.33. The van der Waals surface area contributed by atoms with Crippen molar-refractivity contribution in [1.29, 1.82) is 0 Å². The molecule has 0 radical (unpaired) electrons.